The third-order valence-electron chi connectivity index (χ3n) is 2.72. The molecule has 0 unspecified atom stereocenters. The zero-order chi connectivity index (χ0) is 9.80. The van der Waals surface area contributed by atoms with Crippen molar-refractivity contribution in [2.24, 2.45) is 0 Å². The Labute approximate surface area is 90.1 Å². The number of nitrogens with zero attached hydrogens (tertiary/aromatic N) is 2. The highest BCUT2D eigenvalue weighted by Gasteiger charge is 2.10. The molecule has 2 rings (SSSR count). The summed E-state index contributed by atoms with van der Waals surface area (Å²) < 4.78 is 0. The van der Waals surface area contributed by atoms with Crippen molar-refractivity contribution in [3.8, 4) is 0 Å². The molecular formula is C11H17N2S-. The summed E-state index contributed by atoms with van der Waals surface area (Å²) in [5.41, 5.74) is 0. The minimum Gasteiger partial charge on any atom is -0.457 e. The Balaban J connectivity index is 1.71. The van der Waals surface area contributed by atoms with E-state index >= 15 is 0 Å². The fraction of sp³-hybridized carbons (Fsp3) is 0.545. The van der Waals surface area contributed by atoms with Crippen LogP contribution in [-0.2, 0) is 6.42 Å². The van der Waals surface area contributed by atoms with Crippen LogP contribution in [0.3, 0.4) is 0 Å². The molecule has 0 bridgehead atoms. The van der Waals surface area contributed by atoms with Gasteiger partial charge in [-0.05, 0) is 31.0 Å². The average Bonchev–Trinajstić information content (AvgIpc) is 2.70. The molecule has 0 saturated carbocycles. The van der Waals surface area contributed by atoms with E-state index in [0.717, 1.165) is 13.1 Å². The van der Waals surface area contributed by atoms with E-state index in [2.05, 4.69) is 34.4 Å². The Morgan fingerprint density at radius 2 is 2.07 bits per heavy atom. The maximum Gasteiger partial charge on any atom is 0.00858 e. The molecule has 0 atom stereocenters. The second kappa shape index (κ2) is 4.91. The first-order valence-electron chi connectivity index (χ1n) is 5.15. The van der Waals surface area contributed by atoms with Gasteiger partial charge in [-0.3, -0.25) is 7.05 Å². The van der Waals surface area contributed by atoms with Crippen LogP contribution in [-0.4, -0.2) is 42.5 Å². The maximum atomic E-state index is 3.95. The van der Waals surface area contributed by atoms with Crippen molar-refractivity contribution in [2.45, 2.75) is 6.42 Å². The predicted molar refractivity (Wildman–Crippen MR) is 61.4 cm³/mol. The van der Waals surface area contributed by atoms with Gasteiger partial charge in [-0.1, -0.05) is 6.07 Å². The molecule has 1 saturated heterocycles. The topological polar surface area (TPSA) is 6.48 Å². The van der Waals surface area contributed by atoms with E-state index in [1.165, 1.54) is 30.9 Å². The number of hydrogen-bond donors (Lipinski definition) is 0. The van der Waals surface area contributed by atoms with Gasteiger partial charge < -0.3 is 9.80 Å². The fourth-order valence-electron chi connectivity index (χ4n) is 1.74. The Hall–Kier alpha value is -0.380. The molecule has 1 aromatic heterocycles. The van der Waals surface area contributed by atoms with E-state index in [0.29, 0.717) is 0 Å². The SMILES string of the molecule is [CH2-]N1CCN(CCc2cccs2)CC1. The van der Waals surface area contributed by atoms with Gasteiger partial charge in [0.25, 0.3) is 0 Å². The first-order valence-corrected chi connectivity index (χ1v) is 6.03. The quantitative estimate of drug-likeness (QED) is 0.699. The number of rotatable bonds is 3. The molecule has 78 valence electrons. The lowest BCUT2D eigenvalue weighted by Crippen LogP contribution is -2.44. The second-order valence-corrected chi connectivity index (χ2v) is 4.82. The summed E-state index contributed by atoms with van der Waals surface area (Å²) in [4.78, 5) is 6.19. The molecule has 1 fully saturated rings. The van der Waals surface area contributed by atoms with Gasteiger partial charge in [0.1, 0.15) is 0 Å². The van der Waals surface area contributed by atoms with E-state index in [1.54, 1.807) is 0 Å². The molecule has 14 heavy (non-hydrogen) atoms. The van der Waals surface area contributed by atoms with Crippen molar-refractivity contribution in [1.29, 1.82) is 0 Å². The Bertz CT molecular complexity index is 250. The van der Waals surface area contributed by atoms with E-state index in [1.807, 2.05) is 11.3 Å². The third-order valence-corrected chi connectivity index (χ3v) is 3.66. The second-order valence-electron chi connectivity index (χ2n) is 3.79. The molecule has 3 heteroatoms. The largest absolute Gasteiger partial charge is 0.457 e. The Morgan fingerprint density at radius 1 is 1.29 bits per heavy atom. The van der Waals surface area contributed by atoms with Crippen molar-refractivity contribution in [3.05, 3.63) is 29.4 Å². The highest BCUT2D eigenvalue weighted by atomic mass is 32.1. The van der Waals surface area contributed by atoms with Crippen LogP contribution in [0.2, 0.25) is 0 Å². The highest BCUT2D eigenvalue weighted by molar-refractivity contribution is 7.09. The van der Waals surface area contributed by atoms with Gasteiger partial charge in [0.05, 0.1) is 0 Å². The third kappa shape index (κ3) is 2.80. The highest BCUT2D eigenvalue weighted by Crippen LogP contribution is 2.10. The van der Waals surface area contributed by atoms with Crippen LogP contribution < -0.4 is 0 Å². The van der Waals surface area contributed by atoms with Crippen LogP contribution >= 0.6 is 11.3 Å². The predicted octanol–water partition coefficient (Wildman–Crippen LogP) is 1.70. The summed E-state index contributed by atoms with van der Waals surface area (Å²) in [6, 6.07) is 4.36. The molecule has 0 radical (unpaired) electrons. The van der Waals surface area contributed by atoms with E-state index in [-0.39, 0.29) is 0 Å². The zero-order valence-corrected chi connectivity index (χ0v) is 9.30. The standard InChI is InChI=1S/C11H17N2S/c1-12-6-8-13(9-7-12)5-4-11-3-2-10-14-11/h2-3,10H,1,4-9H2/q-1. The molecule has 1 aromatic rings. The fourth-order valence-corrected chi connectivity index (χ4v) is 2.43. The molecule has 0 N–H and O–H groups in total. The van der Waals surface area contributed by atoms with Crippen molar-refractivity contribution < 1.29 is 0 Å². The molecule has 0 aromatic carbocycles. The summed E-state index contributed by atoms with van der Waals surface area (Å²) in [5.74, 6) is 0. The van der Waals surface area contributed by atoms with Gasteiger partial charge in [-0.2, -0.15) is 0 Å². The molecule has 2 heterocycles. The number of hydrogen-bond acceptors (Lipinski definition) is 3. The van der Waals surface area contributed by atoms with Crippen molar-refractivity contribution >= 4 is 11.3 Å². The lowest BCUT2D eigenvalue weighted by molar-refractivity contribution is 0.168. The molecule has 0 spiro atoms. The Morgan fingerprint density at radius 3 is 2.71 bits per heavy atom. The van der Waals surface area contributed by atoms with E-state index in [4.69, 9.17) is 0 Å². The summed E-state index contributed by atoms with van der Waals surface area (Å²) >= 11 is 1.86. The van der Waals surface area contributed by atoms with Crippen molar-refractivity contribution in [3.63, 3.8) is 0 Å². The van der Waals surface area contributed by atoms with Crippen molar-refractivity contribution in [2.75, 3.05) is 32.7 Å². The minimum absolute atomic E-state index is 1.12. The smallest absolute Gasteiger partial charge is 0.00858 e. The van der Waals surface area contributed by atoms with Crippen LogP contribution in [0.1, 0.15) is 4.88 Å². The van der Waals surface area contributed by atoms with Crippen LogP contribution in [0.4, 0.5) is 0 Å². The van der Waals surface area contributed by atoms with Gasteiger partial charge >= 0.3 is 0 Å². The maximum absolute atomic E-state index is 3.95. The summed E-state index contributed by atoms with van der Waals surface area (Å²) in [6.45, 7) is 5.78. The first kappa shape index (κ1) is 10.1. The van der Waals surface area contributed by atoms with Gasteiger partial charge in [0.2, 0.25) is 0 Å². The average molecular weight is 209 g/mol. The van der Waals surface area contributed by atoms with Gasteiger partial charge in [-0.25, -0.2) is 0 Å². The lowest BCUT2D eigenvalue weighted by atomic mass is 10.3. The molecule has 2 nitrogen and oxygen atoms in total. The van der Waals surface area contributed by atoms with Crippen LogP contribution in [0, 0.1) is 7.05 Å². The van der Waals surface area contributed by atoms with Crippen LogP contribution in [0.5, 0.6) is 0 Å². The molecule has 0 amide bonds. The zero-order valence-electron chi connectivity index (χ0n) is 8.48. The molecule has 0 aliphatic carbocycles. The normalized spacial score (nSPS) is 20.1. The molecule has 1 aliphatic heterocycles. The van der Waals surface area contributed by atoms with Gasteiger partial charge in [-0.15, -0.1) is 11.3 Å². The minimum atomic E-state index is 1.12. The monoisotopic (exact) mass is 209 g/mol. The first-order chi connectivity index (χ1) is 6.84. The number of thiophene rings is 1. The van der Waals surface area contributed by atoms with E-state index in [9.17, 15) is 0 Å². The van der Waals surface area contributed by atoms with Gasteiger partial charge in [0, 0.05) is 24.5 Å². The molecule has 1 aliphatic rings. The van der Waals surface area contributed by atoms with Gasteiger partial charge in [0.15, 0.2) is 0 Å². The van der Waals surface area contributed by atoms with Crippen LogP contribution in [0.15, 0.2) is 17.5 Å². The van der Waals surface area contributed by atoms with Crippen LogP contribution in [0.25, 0.3) is 0 Å². The lowest BCUT2D eigenvalue weighted by Gasteiger charge is -2.37. The Kier molecular flexibility index (Phi) is 3.56. The summed E-state index contributed by atoms with van der Waals surface area (Å²) in [7, 11) is 3.95. The number of piperazine rings is 1. The summed E-state index contributed by atoms with van der Waals surface area (Å²) in [6.07, 6.45) is 1.20. The summed E-state index contributed by atoms with van der Waals surface area (Å²) in [5, 5.41) is 2.16. The van der Waals surface area contributed by atoms with E-state index < -0.39 is 0 Å². The van der Waals surface area contributed by atoms with Crippen molar-refractivity contribution in [1.82, 2.24) is 9.80 Å². The molecular weight excluding hydrogens is 192 g/mol.